The second kappa shape index (κ2) is 7.98. The number of carbonyl (C=O) groups is 3. The minimum Gasteiger partial charge on any atom is -0.494 e. The van der Waals surface area contributed by atoms with Gasteiger partial charge < -0.3 is 20.3 Å². The molecule has 2 aromatic carbocycles. The van der Waals surface area contributed by atoms with Gasteiger partial charge in [-0.1, -0.05) is 0 Å². The number of hydrogen-bond donors (Lipinski definition) is 1. The molecule has 1 fully saturated rings. The molecule has 3 aromatic rings. The van der Waals surface area contributed by atoms with E-state index in [1.807, 2.05) is 25.1 Å². The van der Waals surface area contributed by atoms with E-state index in [-0.39, 0.29) is 34.6 Å². The number of aryl methyl sites for hydroxylation is 1. The minimum atomic E-state index is -0.759. The fourth-order valence-electron chi connectivity index (χ4n) is 4.46. The Morgan fingerprint density at radius 2 is 1.79 bits per heavy atom. The third-order valence-electron chi connectivity index (χ3n) is 6.26. The topological polar surface area (TPSA) is 111 Å². The van der Waals surface area contributed by atoms with Crippen LogP contribution in [-0.4, -0.2) is 47.7 Å². The average molecular weight is 463 g/mol. The number of rotatable bonds is 5. The molecule has 174 valence electrons. The first kappa shape index (κ1) is 21.6. The predicted molar refractivity (Wildman–Crippen MR) is 122 cm³/mol. The number of nitrogens with zero attached hydrogens (tertiary/aromatic N) is 4. The maximum absolute atomic E-state index is 14.4. The van der Waals surface area contributed by atoms with Gasteiger partial charge in [-0.3, -0.25) is 14.4 Å². The number of fused-ring (bicyclic) bond motifs is 1. The van der Waals surface area contributed by atoms with Gasteiger partial charge in [-0.15, -0.1) is 0 Å². The summed E-state index contributed by atoms with van der Waals surface area (Å²) in [5, 5.41) is 4.27. The monoisotopic (exact) mass is 463 g/mol. The molecule has 0 unspecified atom stereocenters. The van der Waals surface area contributed by atoms with Crippen LogP contribution >= 0.6 is 0 Å². The third-order valence-corrected chi connectivity index (χ3v) is 6.26. The Labute approximate surface area is 194 Å². The zero-order valence-electron chi connectivity index (χ0n) is 18.7. The number of carbonyl (C=O) groups excluding carboxylic acids is 3. The molecule has 2 N–H and O–H groups in total. The molecule has 0 aliphatic carbocycles. The molecular weight excluding hydrogens is 441 g/mol. The molecule has 1 saturated heterocycles. The van der Waals surface area contributed by atoms with Gasteiger partial charge in [0, 0.05) is 42.5 Å². The predicted octanol–water partition coefficient (Wildman–Crippen LogP) is 2.37. The smallest absolute Gasteiger partial charge is 0.277 e. The number of primary amides is 1. The lowest BCUT2D eigenvalue weighted by Gasteiger charge is -2.33. The summed E-state index contributed by atoms with van der Waals surface area (Å²) in [4.78, 5) is 40.8. The molecule has 5 rings (SSSR count). The van der Waals surface area contributed by atoms with Crippen molar-refractivity contribution in [2.45, 2.75) is 19.8 Å². The van der Waals surface area contributed by atoms with E-state index in [1.165, 1.54) is 23.9 Å². The van der Waals surface area contributed by atoms with Crippen molar-refractivity contribution in [3.8, 4) is 11.4 Å². The molecule has 3 amide bonds. The quantitative estimate of drug-likeness (QED) is 0.584. The lowest BCUT2D eigenvalue weighted by molar-refractivity contribution is -0.122. The molecule has 0 spiro atoms. The summed E-state index contributed by atoms with van der Waals surface area (Å²) in [6.07, 6.45) is 0.885. The molecule has 0 atom stereocenters. The highest BCUT2D eigenvalue weighted by molar-refractivity contribution is 6.10. The number of amides is 3. The summed E-state index contributed by atoms with van der Waals surface area (Å²) in [6, 6.07) is 9.66. The fraction of sp³-hybridized carbons (Fsp3) is 0.250. The molecule has 3 heterocycles. The Morgan fingerprint density at radius 3 is 2.38 bits per heavy atom. The van der Waals surface area contributed by atoms with Crippen LogP contribution in [0.25, 0.3) is 5.69 Å². The summed E-state index contributed by atoms with van der Waals surface area (Å²) in [7, 11) is 1.35. The van der Waals surface area contributed by atoms with Crippen LogP contribution in [0.1, 0.15) is 38.5 Å². The van der Waals surface area contributed by atoms with Crippen molar-refractivity contribution >= 4 is 29.1 Å². The molecule has 2 aliphatic heterocycles. The summed E-state index contributed by atoms with van der Waals surface area (Å²) >= 11 is 0. The van der Waals surface area contributed by atoms with Gasteiger partial charge in [0.15, 0.2) is 17.3 Å². The lowest BCUT2D eigenvalue weighted by Crippen LogP contribution is -2.43. The first-order valence-corrected chi connectivity index (χ1v) is 10.8. The molecule has 9 nitrogen and oxygen atoms in total. The van der Waals surface area contributed by atoms with Gasteiger partial charge >= 0.3 is 0 Å². The van der Waals surface area contributed by atoms with Gasteiger partial charge in [-0.25, -0.2) is 9.07 Å². The Hall–Kier alpha value is -4.21. The van der Waals surface area contributed by atoms with Crippen LogP contribution in [0.4, 0.5) is 15.8 Å². The summed E-state index contributed by atoms with van der Waals surface area (Å²) in [5.41, 5.74) is 8.67. The van der Waals surface area contributed by atoms with Gasteiger partial charge in [-0.2, -0.15) is 5.10 Å². The second-order valence-electron chi connectivity index (χ2n) is 8.24. The first-order valence-electron chi connectivity index (χ1n) is 10.8. The zero-order valence-corrected chi connectivity index (χ0v) is 18.7. The van der Waals surface area contributed by atoms with Gasteiger partial charge in [0.1, 0.15) is 5.69 Å². The van der Waals surface area contributed by atoms with Crippen LogP contribution in [-0.2, 0) is 11.2 Å². The number of aromatic nitrogens is 2. The number of ether oxygens (including phenoxy) is 1. The standard InChI is InChI=1S/C24H22FN5O4/c1-13-11-14(28-10-8-20(28)31)3-5-18(13)29-9-7-16-21(23(26)32)27-30(22(16)24(29)33)15-4-6-19(34-2)17(25)12-15/h3-6,11-12H,7-10H2,1-2H3,(H2,26,32). The highest BCUT2D eigenvalue weighted by atomic mass is 19.1. The SMILES string of the molecule is COc1ccc(-n2nc(C(N)=O)c3c2C(=O)N(c2ccc(N4CCC4=O)cc2C)CC3)cc1F. The molecule has 10 heteroatoms. The molecule has 0 bridgehead atoms. The molecule has 0 saturated carbocycles. The van der Waals surface area contributed by atoms with Crippen molar-refractivity contribution in [1.82, 2.24) is 9.78 Å². The Balaban J connectivity index is 1.57. The van der Waals surface area contributed by atoms with Crippen LogP contribution in [0.3, 0.4) is 0 Å². The Kier molecular flexibility index (Phi) is 5.07. The lowest BCUT2D eigenvalue weighted by atomic mass is 10.0. The highest BCUT2D eigenvalue weighted by Crippen LogP contribution is 2.33. The van der Waals surface area contributed by atoms with Crippen LogP contribution in [0.2, 0.25) is 0 Å². The summed E-state index contributed by atoms with van der Waals surface area (Å²) < 4.78 is 20.6. The van der Waals surface area contributed by atoms with Gasteiger partial charge in [-0.05, 0) is 49.2 Å². The molecule has 1 aromatic heterocycles. The van der Waals surface area contributed by atoms with Gasteiger partial charge in [0.25, 0.3) is 11.8 Å². The van der Waals surface area contributed by atoms with Crippen molar-refractivity contribution in [2.75, 3.05) is 30.0 Å². The summed E-state index contributed by atoms with van der Waals surface area (Å²) in [5.74, 6) is -1.65. The molecule has 2 aliphatic rings. The van der Waals surface area contributed by atoms with E-state index < -0.39 is 11.7 Å². The fourth-order valence-corrected chi connectivity index (χ4v) is 4.46. The van der Waals surface area contributed by atoms with E-state index in [2.05, 4.69) is 5.10 Å². The van der Waals surface area contributed by atoms with E-state index in [0.29, 0.717) is 37.2 Å². The summed E-state index contributed by atoms with van der Waals surface area (Å²) in [6.45, 7) is 2.87. The van der Waals surface area contributed by atoms with Crippen molar-refractivity contribution < 1.29 is 23.5 Å². The highest BCUT2D eigenvalue weighted by Gasteiger charge is 2.35. The van der Waals surface area contributed by atoms with Crippen molar-refractivity contribution in [3.63, 3.8) is 0 Å². The van der Waals surface area contributed by atoms with Crippen LogP contribution in [0.5, 0.6) is 5.75 Å². The number of anilines is 2. The van der Waals surface area contributed by atoms with E-state index >= 15 is 0 Å². The van der Waals surface area contributed by atoms with Crippen molar-refractivity contribution in [2.24, 2.45) is 5.73 Å². The van der Waals surface area contributed by atoms with E-state index in [0.717, 1.165) is 11.3 Å². The van der Waals surface area contributed by atoms with Crippen LogP contribution in [0.15, 0.2) is 36.4 Å². The Bertz CT molecular complexity index is 1370. The zero-order chi connectivity index (χ0) is 24.1. The van der Waals surface area contributed by atoms with E-state index in [9.17, 15) is 18.8 Å². The number of β-lactam (4-membered cyclic amide) rings is 1. The molecule has 0 radical (unpaired) electrons. The molecular formula is C24H22FN5O4. The third kappa shape index (κ3) is 3.30. The number of hydrogen-bond acceptors (Lipinski definition) is 5. The largest absolute Gasteiger partial charge is 0.494 e. The van der Waals surface area contributed by atoms with E-state index in [1.54, 1.807) is 15.9 Å². The maximum atomic E-state index is 14.4. The van der Waals surface area contributed by atoms with Crippen molar-refractivity contribution in [1.29, 1.82) is 0 Å². The van der Waals surface area contributed by atoms with Crippen molar-refractivity contribution in [3.05, 3.63) is 64.7 Å². The average Bonchev–Trinajstić information content (AvgIpc) is 3.20. The van der Waals surface area contributed by atoms with E-state index in [4.69, 9.17) is 10.5 Å². The number of nitrogens with two attached hydrogens (primary N) is 1. The second-order valence-corrected chi connectivity index (χ2v) is 8.24. The van der Waals surface area contributed by atoms with Gasteiger partial charge in [0.05, 0.1) is 12.8 Å². The number of halogens is 1. The van der Waals surface area contributed by atoms with Crippen LogP contribution in [0, 0.1) is 12.7 Å². The molecule has 34 heavy (non-hydrogen) atoms. The van der Waals surface area contributed by atoms with Crippen LogP contribution < -0.4 is 20.3 Å². The number of benzene rings is 2. The minimum absolute atomic E-state index is 0.0115. The van der Waals surface area contributed by atoms with Gasteiger partial charge in [0.2, 0.25) is 5.91 Å². The maximum Gasteiger partial charge on any atom is 0.277 e. The Morgan fingerprint density at radius 1 is 1.06 bits per heavy atom. The first-order chi connectivity index (χ1) is 16.3. The number of methoxy groups -OCH3 is 1. The normalized spacial score (nSPS) is 15.3.